The van der Waals surface area contributed by atoms with Gasteiger partial charge in [-0.2, -0.15) is 5.10 Å². The summed E-state index contributed by atoms with van der Waals surface area (Å²) in [6.07, 6.45) is 3.41. The summed E-state index contributed by atoms with van der Waals surface area (Å²) >= 11 is 0. The number of rotatable bonds is 4. The molecule has 0 aliphatic carbocycles. The van der Waals surface area contributed by atoms with Gasteiger partial charge in [0.2, 0.25) is 5.91 Å². The Morgan fingerprint density at radius 1 is 1.38 bits per heavy atom. The summed E-state index contributed by atoms with van der Waals surface area (Å²) in [6, 6.07) is 3.10. The highest BCUT2D eigenvalue weighted by molar-refractivity contribution is 5.79. The van der Waals surface area contributed by atoms with Gasteiger partial charge in [0.05, 0.1) is 12.6 Å². The standard InChI is InChI=1S/C17H19F2N3O2/c1-21-7-12(6-20-21)15-9-22(8-13(15)10-23)17(24)5-11-4-14(18)2-3-16(11)19/h2-4,6-7,13,15,23H,5,8-10H2,1H3/t13-,15-/m0/s1. The van der Waals surface area contributed by atoms with Crippen LogP contribution in [0.1, 0.15) is 17.0 Å². The second kappa shape index (κ2) is 6.68. The number of hydrogen-bond donors (Lipinski definition) is 1. The van der Waals surface area contributed by atoms with Crippen molar-refractivity contribution in [1.82, 2.24) is 14.7 Å². The molecule has 1 saturated heterocycles. The third-order valence-corrected chi connectivity index (χ3v) is 4.53. The van der Waals surface area contributed by atoms with Crippen LogP contribution < -0.4 is 0 Å². The molecule has 0 bridgehead atoms. The molecule has 24 heavy (non-hydrogen) atoms. The van der Waals surface area contributed by atoms with Crippen molar-refractivity contribution in [3.05, 3.63) is 53.4 Å². The van der Waals surface area contributed by atoms with Gasteiger partial charge in [0, 0.05) is 50.3 Å². The Morgan fingerprint density at radius 3 is 2.83 bits per heavy atom. The molecule has 7 heteroatoms. The van der Waals surface area contributed by atoms with Crippen molar-refractivity contribution in [3.63, 3.8) is 0 Å². The summed E-state index contributed by atoms with van der Waals surface area (Å²) in [5.41, 5.74) is 1.01. The molecule has 1 N–H and O–H groups in total. The molecule has 0 spiro atoms. The van der Waals surface area contributed by atoms with Crippen molar-refractivity contribution >= 4 is 5.91 Å². The highest BCUT2D eigenvalue weighted by Crippen LogP contribution is 2.32. The van der Waals surface area contributed by atoms with Crippen LogP contribution in [-0.2, 0) is 18.3 Å². The lowest BCUT2D eigenvalue weighted by atomic mass is 9.92. The van der Waals surface area contributed by atoms with Crippen LogP contribution in [0.15, 0.2) is 30.6 Å². The second-order valence-electron chi connectivity index (χ2n) is 6.21. The Hall–Kier alpha value is -2.28. The van der Waals surface area contributed by atoms with Gasteiger partial charge in [-0.1, -0.05) is 0 Å². The fourth-order valence-electron chi connectivity index (χ4n) is 3.22. The van der Waals surface area contributed by atoms with Crippen LogP contribution in [0, 0.1) is 17.6 Å². The summed E-state index contributed by atoms with van der Waals surface area (Å²) < 4.78 is 28.6. The van der Waals surface area contributed by atoms with Crippen molar-refractivity contribution in [3.8, 4) is 0 Å². The van der Waals surface area contributed by atoms with E-state index in [1.807, 2.05) is 13.2 Å². The SMILES string of the molecule is Cn1cc([C@@H]2CN(C(=O)Cc3cc(F)ccc3F)C[C@H]2CO)cn1. The highest BCUT2D eigenvalue weighted by Gasteiger charge is 2.36. The summed E-state index contributed by atoms with van der Waals surface area (Å²) in [5, 5.41) is 13.7. The molecule has 0 radical (unpaired) electrons. The van der Waals surface area contributed by atoms with E-state index in [-0.39, 0.29) is 36.3 Å². The lowest BCUT2D eigenvalue weighted by Crippen LogP contribution is -2.31. The van der Waals surface area contributed by atoms with Crippen LogP contribution in [0.3, 0.4) is 0 Å². The van der Waals surface area contributed by atoms with Gasteiger partial charge in [-0.3, -0.25) is 9.48 Å². The number of aliphatic hydroxyl groups excluding tert-OH is 1. The molecule has 1 amide bonds. The number of aryl methyl sites for hydroxylation is 1. The number of benzene rings is 1. The molecule has 1 aliphatic heterocycles. The summed E-state index contributed by atoms with van der Waals surface area (Å²) in [7, 11) is 1.81. The van der Waals surface area contributed by atoms with Gasteiger partial charge in [-0.25, -0.2) is 8.78 Å². The van der Waals surface area contributed by atoms with Crippen molar-refractivity contribution in [2.75, 3.05) is 19.7 Å². The van der Waals surface area contributed by atoms with Gasteiger partial charge >= 0.3 is 0 Å². The summed E-state index contributed by atoms with van der Waals surface area (Å²) in [4.78, 5) is 14.1. The van der Waals surface area contributed by atoms with E-state index in [0.717, 1.165) is 23.8 Å². The minimum Gasteiger partial charge on any atom is -0.396 e. The van der Waals surface area contributed by atoms with E-state index >= 15 is 0 Å². The maximum Gasteiger partial charge on any atom is 0.227 e. The molecule has 5 nitrogen and oxygen atoms in total. The average Bonchev–Trinajstić information content (AvgIpc) is 3.16. The van der Waals surface area contributed by atoms with Crippen LogP contribution in [-0.4, -0.2) is 45.4 Å². The van der Waals surface area contributed by atoms with Crippen LogP contribution in [0.5, 0.6) is 0 Å². The zero-order valence-corrected chi connectivity index (χ0v) is 13.3. The van der Waals surface area contributed by atoms with Crippen molar-refractivity contribution in [2.24, 2.45) is 13.0 Å². The Kier molecular flexibility index (Phi) is 4.62. The zero-order valence-electron chi connectivity index (χ0n) is 13.3. The fraction of sp³-hybridized carbons (Fsp3) is 0.412. The van der Waals surface area contributed by atoms with E-state index in [9.17, 15) is 18.7 Å². The van der Waals surface area contributed by atoms with E-state index in [2.05, 4.69) is 5.10 Å². The van der Waals surface area contributed by atoms with Gasteiger partial charge in [0.15, 0.2) is 0 Å². The lowest BCUT2D eigenvalue weighted by molar-refractivity contribution is -0.129. The minimum absolute atomic E-state index is 0.00925. The third-order valence-electron chi connectivity index (χ3n) is 4.53. The fourth-order valence-corrected chi connectivity index (χ4v) is 3.22. The van der Waals surface area contributed by atoms with Crippen molar-refractivity contribution in [2.45, 2.75) is 12.3 Å². The molecule has 1 fully saturated rings. The Morgan fingerprint density at radius 2 is 2.17 bits per heavy atom. The smallest absolute Gasteiger partial charge is 0.227 e. The van der Waals surface area contributed by atoms with E-state index in [1.54, 1.807) is 15.8 Å². The van der Waals surface area contributed by atoms with Crippen molar-refractivity contribution < 1.29 is 18.7 Å². The number of nitrogens with zero attached hydrogens (tertiary/aromatic N) is 3. The molecule has 1 aliphatic rings. The predicted molar refractivity (Wildman–Crippen MR) is 83.2 cm³/mol. The molecule has 0 unspecified atom stereocenters. The topological polar surface area (TPSA) is 58.4 Å². The first-order chi connectivity index (χ1) is 11.5. The number of hydrogen-bond acceptors (Lipinski definition) is 3. The van der Waals surface area contributed by atoms with E-state index in [1.165, 1.54) is 0 Å². The van der Waals surface area contributed by atoms with Crippen LogP contribution >= 0.6 is 0 Å². The van der Waals surface area contributed by atoms with E-state index in [0.29, 0.717) is 13.1 Å². The van der Waals surface area contributed by atoms with Crippen LogP contribution in [0.4, 0.5) is 8.78 Å². The average molecular weight is 335 g/mol. The van der Waals surface area contributed by atoms with Gasteiger partial charge in [0.25, 0.3) is 0 Å². The number of likely N-dealkylation sites (tertiary alicyclic amines) is 1. The van der Waals surface area contributed by atoms with Gasteiger partial charge in [-0.05, 0) is 23.8 Å². The first kappa shape index (κ1) is 16.6. The molecule has 2 aromatic rings. The normalized spacial score (nSPS) is 20.6. The third kappa shape index (κ3) is 3.31. The largest absolute Gasteiger partial charge is 0.396 e. The first-order valence-electron chi connectivity index (χ1n) is 7.79. The quantitative estimate of drug-likeness (QED) is 0.921. The molecule has 2 atom stereocenters. The maximum absolute atomic E-state index is 13.7. The molecule has 0 saturated carbocycles. The number of amides is 1. The predicted octanol–water partition coefficient (Wildman–Crippen LogP) is 1.48. The maximum atomic E-state index is 13.7. The minimum atomic E-state index is -0.591. The van der Waals surface area contributed by atoms with Gasteiger partial charge in [0.1, 0.15) is 11.6 Å². The summed E-state index contributed by atoms with van der Waals surface area (Å²) in [5.74, 6) is -1.53. The molecule has 128 valence electrons. The Labute approximate surface area is 138 Å². The van der Waals surface area contributed by atoms with E-state index in [4.69, 9.17) is 0 Å². The number of halogens is 2. The zero-order chi connectivity index (χ0) is 17.3. The molecule has 1 aromatic carbocycles. The van der Waals surface area contributed by atoms with E-state index < -0.39 is 11.6 Å². The highest BCUT2D eigenvalue weighted by atomic mass is 19.1. The summed E-state index contributed by atoms with van der Waals surface area (Å²) in [6.45, 7) is 0.788. The number of aliphatic hydroxyl groups is 1. The van der Waals surface area contributed by atoms with Crippen molar-refractivity contribution in [1.29, 1.82) is 0 Å². The molecule has 3 rings (SSSR count). The first-order valence-corrected chi connectivity index (χ1v) is 7.79. The van der Waals surface area contributed by atoms with Crippen LogP contribution in [0.25, 0.3) is 0 Å². The number of carbonyl (C=O) groups is 1. The van der Waals surface area contributed by atoms with Gasteiger partial charge in [-0.15, -0.1) is 0 Å². The molecular weight excluding hydrogens is 316 g/mol. The number of aromatic nitrogens is 2. The molecular formula is C17H19F2N3O2. The molecule has 1 aromatic heterocycles. The lowest BCUT2D eigenvalue weighted by Gasteiger charge is -2.16. The second-order valence-corrected chi connectivity index (χ2v) is 6.21. The monoisotopic (exact) mass is 335 g/mol. The number of carbonyl (C=O) groups excluding carboxylic acids is 1. The Balaban J connectivity index is 1.73. The Bertz CT molecular complexity index is 747. The van der Waals surface area contributed by atoms with Crippen LogP contribution in [0.2, 0.25) is 0 Å². The molecule has 2 heterocycles. The van der Waals surface area contributed by atoms with Gasteiger partial charge < -0.3 is 10.0 Å².